The molecule has 0 aliphatic carbocycles. The van der Waals surface area contributed by atoms with E-state index in [1.54, 1.807) is 14.2 Å². The Hall–Kier alpha value is 0.0569. The van der Waals surface area contributed by atoms with Gasteiger partial charge in [-0.15, -0.1) is 0 Å². The standard InChI is InChI=1S/C10H25NO3Si/c1-7-14-10(11(2)3)8-9-15(6,12-4)13-5/h10H,7-9H2,1-6H3. The van der Waals surface area contributed by atoms with Gasteiger partial charge in [-0.05, 0) is 40.0 Å². The summed E-state index contributed by atoms with van der Waals surface area (Å²) in [5.74, 6) is 0. The van der Waals surface area contributed by atoms with E-state index in [9.17, 15) is 0 Å². The lowest BCUT2D eigenvalue weighted by molar-refractivity contribution is -0.0330. The van der Waals surface area contributed by atoms with Crippen LogP contribution in [0.3, 0.4) is 0 Å². The van der Waals surface area contributed by atoms with Gasteiger partial charge < -0.3 is 13.6 Å². The summed E-state index contributed by atoms with van der Waals surface area (Å²) < 4.78 is 16.5. The maximum absolute atomic E-state index is 5.62. The van der Waals surface area contributed by atoms with E-state index in [1.165, 1.54) is 0 Å². The molecular weight excluding hydrogens is 210 g/mol. The zero-order valence-corrected chi connectivity index (χ0v) is 11.9. The monoisotopic (exact) mass is 235 g/mol. The van der Waals surface area contributed by atoms with Crippen molar-refractivity contribution in [2.24, 2.45) is 0 Å². The van der Waals surface area contributed by atoms with Gasteiger partial charge in [0.2, 0.25) is 0 Å². The first kappa shape index (κ1) is 15.1. The maximum Gasteiger partial charge on any atom is 0.334 e. The molecule has 0 aromatic carbocycles. The summed E-state index contributed by atoms with van der Waals surface area (Å²) >= 11 is 0. The molecule has 0 aromatic rings. The predicted molar refractivity (Wildman–Crippen MR) is 64.2 cm³/mol. The normalized spacial score (nSPS) is 14.6. The fourth-order valence-corrected chi connectivity index (χ4v) is 2.70. The summed E-state index contributed by atoms with van der Waals surface area (Å²) in [5.41, 5.74) is 0. The molecule has 1 atom stereocenters. The molecule has 4 nitrogen and oxygen atoms in total. The predicted octanol–water partition coefficient (Wildman–Crippen LogP) is 1.67. The summed E-state index contributed by atoms with van der Waals surface area (Å²) in [6, 6.07) is 0.947. The Morgan fingerprint density at radius 1 is 1.20 bits per heavy atom. The molecule has 1 unspecified atom stereocenters. The SMILES string of the molecule is CCOC(CC[Si](C)(OC)OC)N(C)C. The van der Waals surface area contributed by atoms with Crippen LogP contribution in [0.5, 0.6) is 0 Å². The van der Waals surface area contributed by atoms with Crippen LogP contribution in [0.4, 0.5) is 0 Å². The van der Waals surface area contributed by atoms with E-state index in [1.807, 2.05) is 21.0 Å². The average molecular weight is 235 g/mol. The lowest BCUT2D eigenvalue weighted by Gasteiger charge is -2.28. The topological polar surface area (TPSA) is 30.9 Å². The molecule has 0 radical (unpaired) electrons. The van der Waals surface area contributed by atoms with Gasteiger partial charge in [-0.3, -0.25) is 4.90 Å². The average Bonchev–Trinajstić information content (AvgIpc) is 2.23. The number of nitrogens with zero attached hydrogens (tertiary/aromatic N) is 1. The Morgan fingerprint density at radius 3 is 2.07 bits per heavy atom. The highest BCUT2D eigenvalue weighted by Crippen LogP contribution is 2.17. The highest BCUT2D eigenvalue weighted by molar-refractivity contribution is 6.65. The van der Waals surface area contributed by atoms with Crippen molar-refractivity contribution in [3.05, 3.63) is 0 Å². The van der Waals surface area contributed by atoms with Crippen molar-refractivity contribution in [2.45, 2.75) is 32.2 Å². The first-order chi connectivity index (χ1) is 6.99. The van der Waals surface area contributed by atoms with Gasteiger partial charge in [0.1, 0.15) is 6.23 Å². The highest BCUT2D eigenvalue weighted by Gasteiger charge is 2.30. The van der Waals surface area contributed by atoms with E-state index in [-0.39, 0.29) is 6.23 Å². The third kappa shape index (κ3) is 5.63. The molecule has 0 heterocycles. The third-order valence-corrected chi connectivity index (χ3v) is 5.57. The minimum atomic E-state index is -1.94. The molecule has 0 N–H and O–H groups in total. The van der Waals surface area contributed by atoms with E-state index < -0.39 is 8.56 Å². The van der Waals surface area contributed by atoms with Gasteiger partial charge in [0, 0.05) is 20.8 Å². The molecule has 92 valence electrons. The van der Waals surface area contributed by atoms with Crippen LogP contribution >= 0.6 is 0 Å². The quantitative estimate of drug-likeness (QED) is 0.473. The lowest BCUT2D eigenvalue weighted by atomic mass is 10.4. The highest BCUT2D eigenvalue weighted by atomic mass is 28.4. The largest absolute Gasteiger partial charge is 0.398 e. The van der Waals surface area contributed by atoms with Crippen molar-refractivity contribution >= 4 is 8.56 Å². The van der Waals surface area contributed by atoms with Gasteiger partial charge in [-0.1, -0.05) is 0 Å². The molecule has 5 heteroatoms. The number of rotatable bonds is 8. The molecule has 0 bridgehead atoms. The molecule has 0 aliphatic rings. The lowest BCUT2D eigenvalue weighted by Crippen LogP contribution is -2.39. The molecule has 15 heavy (non-hydrogen) atoms. The first-order valence-electron chi connectivity index (χ1n) is 5.37. The van der Waals surface area contributed by atoms with Gasteiger partial charge in [0.25, 0.3) is 0 Å². The fourth-order valence-electron chi connectivity index (χ4n) is 1.36. The van der Waals surface area contributed by atoms with E-state index in [0.29, 0.717) is 0 Å². The Balaban J connectivity index is 4.07. The Bertz CT molecular complexity index is 163. The van der Waals surface area contributed by atoms with Gasteiger partial charge in [0.15, 0.2) is 0 Å². The molecule has 0 fully saturated rings. The van der Waals surface area contributed by atoms with Crippen LogP contribution in [-0.2, 0) is 13.6 Å². The first-order valence-corrected chi connectivity index (χ1v) is 7.89. The van der Waals surface area contributed by atoms with Gasteiger partial charge in [-0.25, -0.2) is 0 Å². The van der Waals surface area contributed by atoms with Gasteiger partial charge >= 0.3 is 8.56 Å². The van der Waals surface area contributed by atoms with Crippen LogP contribution in [-0.4, -0.2) is 54.6 Å². The van der Waals surface area contributed by atoms with Crippen LogP contribution < -0.4 is 0 Å². The molecule has 0 saturated heterocycles. The zero-order chi connectivity index (χ0) is 11.9. The van der Waals surface area contributed by atoms with E-state index in [4.69, 9.17) is 13.6 Å². The molecule has 0 spiro atoms. The smallest absolute Gasteiger partial charge is 0.334 e. The molecule has 0 aromatic heterocycles. The van der Waals surface area contributed by atoms with Crippen molar-refractivity contribution < 1.29 is 13.6 Å². The summed E-state index contributed by atoms with van der Waals surface area (Å²) in [4.78, 5) is 2.09. The van der Waals surface area contributed by atoms with E-state index >= 15 is 0 Å². The molecule has 0 saturated carbocycles. The Morgan fingerprint density at radius 2 is 1.73 bits per heavy atom. The molecule has 0 aliphatic heterocycles. The third-order valence-electron chi connectivity index (χ3n) is 2.64. The van der Waals surface area contributed by atoms with Crippen LogP contribution in [0.2, 0.25) is 12.6 Å². The summed E-state index contributed by atoms with van der Waals surface area (Å²) in [7, 11) is 5.56. The number of hydrogen-bond donors (Lipinski definition) is 0. The Labute approximate surface area is 94.8 Å². The molecular formula is C10H25NO3Si. The molecule has 0 amide bonds. The van der Waals surface area contributed by atoms with Crippen LogP contribution in [0.25, 0.3) is 0 Å². The maximum atomic E-state index is 5.62. The minimum absolute atomic E-state index is 0.159. The van der Waals surface area contributed by atoms with Crippen molar-refractivity contribution in [3.8, 4) is 0 Å². The second-order valence-corrected chi connectivity index (χ2v) is 7.54. The van der Waals surface area contributed by atoms with Crippen molar-refractivity contribution in [2.75, 3.05) is 34.9 Å². The van der Waals surface area contributed by atoms with Gasteiger partial charge in [0.05, 0.1) is 0 Å². The molecule has 0 rings (SSSR count). The summed E-state index contributed by atoms with van der Waals surface area (Å²) in [6.07, 6.45) is 1.11. The second kappa shape index (κ2) is 7.35. The zero-order valence-electron chi connectivity index (χ0n) is 10.9. The fraction of sp³-hybridized carbons (Fsp3) is 1.00. The second-order valence-electron chi connectivity index (χ2n) is 3.95. The van der Waals surface area contributed by atoms with Crippen LogP contribution in [0.1, 0.15) is 13.3 Å². The number of ether oxygens (including phenoxy) is 1. The van der Waals surface area contributed by atoms with Crippen molar-refractivity contribution in [3.63, 3.8) is 0 Å². The number of hydrogen-bond acceptors (Lipinski definition) is 4. The summed E-state index contributed by atoms with van der Waals surface area (Å²) in [5, 5.41) is 0. The van der Waals surface area contributed by atoms with Crippen LogP contribution in [0, 0.1) is 0 Å². The summed E-state index contributed by atoms with van der Waals surface area (Å²) in [6.45, 7) is 4.83. The van der Waals surface area contributed by atoms with Crippen molar-refractivity contribution in [1.82, 2.24) is 4.90 Å². The van der Waals surface area contributed by atoms with E-state index in [2.05, 4.69) is 11.4 Å². The Kier molecular flexibility index (Phi) is 7.38. The van der Waals surface area contributed by atoms with E-state index in [0.717, 1.165) is 19.1 Å². The minimum Gasteiger partial charge on any atom is -0.398 e. The van der Waals surface area contributed by atoms with Crippen molar-refractivity contribution in [1.29, 1.82) is 0 Å². The van der Waals surface area contributed by atoms with Gasteiger partial charge in [-0.2, -0.15) is 0 Å². The van der Waals surface area contributed by atoms with Crippen LogP contribution in [0.15, 0.2) is 0 Å².